The summed E-state index contributed by atoms with van der Waals surface area (Å²) in [5.41, 5.74) is 0.803. The Bertz CT molecular complexity index is 88.6. The monoisotopic (exact) mass is 176 g/mol. The molecule has 70 valence electrons. The normalized spacial score (nSPS) is 13.9. The number of hydrogen-bond donors (Lipinski definition) is 2. The summed E-state index contributed by atoms with van der Waals surface area (Å²) in [5.74, 6) is 0. The van der Waals surface area contributed by atoms with Crippen molar-refractivity contribution in [1.29, 1.82) is 0 Å². The standard InChI is InChI=1S/C8H21NSi.H3N/c1-6-8(9-7-2)10(3,4)5;/h8-9H,6-7H2,1-5H3;1H3. The minimum Gasteiger partial charge on any atom is -0.344 e. The lowest BCUT2D eigenvalue weighted by Crippen LogP contribution is -2.48. The molecule has 0 fully saturated rings. The first-order valence-electron chi connectivity index (χ1n) is 4.25. The molecule has 3 heteroatoms. The lowest BCUT2D eigenvalue weighted by Gasteiger charge is -2.28. The van der Waals surface area contributed by atoms with Gasteiger partial charge >= 0.3 is 0 Å². The Balaban J connectivity index is 0. The van der Waals surface area contributed by atoms with Gasteiger partial charge < -0.3 is 11.5 Å². The van der Waals surface area contributed by atoms with Crippen molar-refractivity contribution in [3.8, 4) is 0 Å². The Hall–Kier alpha value is 0.137. The van der Waals surface area contributed by atoms with E-state index in [-0.39, 0.29) is 6.15 Å². The van der Waals surface area contributed by atoms with Crippen LogP contribution in [-0.2, 0) is 0 Å². The zero-order valence-corrected chi connectivity index (χ0v) is 9.70. The van der Waals surface area contributed by atoms with Crippen LogP contribution in [0, 0.1) is 0 Å². The summed E-state index contributed by atoms with van der Waals surface area (Å²) in [5, 5.41) is 3.53. The highest BCUT2D eigenvalue weighted by Crippen LogP contribution is 2.09. The third-order valence-corrected chi connectivity index (χ3v) is 4.61. The van der Waals surface area contributed by atoms with Crippen LogP contribution in [0.25, 0.3) is 0 Å². The smallest absolute Gasteiger partial charge is 0.0634 e. The maximum absolute atomic E-state index is 3.53. The molecule has 0 aromatic carbocycles. The zero-order valence-electron chi connectivity index (χ0n) is 8.70. The predicted octanol–water partition coefficient (Wildman–Crippen LogP) is 2.41. The van der Waals surface area contributed by atoms with Crippen molar-refractivity contribution in [1.82, 2.24) is 11.5 Å². The molecule has 1 atom stereocenters. The molecule has 0 rings (SSSR count). The van der Waals surface area contributed by atoms with Gasteiger partial charge in [0, 0.05) is 0 Å². The summed E-state index contributed by atoms with van der Waals surface area (Å²) >= 11 is 0. The molecule has 0 aliphatic rings. The fourth-order valence-electron chi connectivity index (χ4n) is 1.31. The van der Waals surface area contributed by atoms with E-state index in [1.165, 1.54) is 6.42 Å². The van der Waals surface area contributed by atoms with Crippen LogP contribution < -0.4 is 11.5 Å². The molecule has 0 heterocycles. The highest BCUT2D eigenvalue weighted by atomic mass is 28.3. The fraction of sp³-hybridized carbons (Fsp3) is 1.00. The Morgan fingerprint density at radius 1 is 1.18 bits per heavy atom. The molecule has 0 aromatic heterocycles. The van der Waals surface area contributed by atoms with E-state index in [4.69, 9.17) is 0 Å². The van der Waals surface area contributed by atoms with E-state index >= 15 is 0 Å². The lowest BCUT2D eigenvalue weighted by atomic mass is 10.5. The van der Waals surface area contributed by atoms with Crippen LogP contribution in [0.3, 0.4) is 0 Å². The molecule has 0 aromatic rings. The maximum atomic E-state index is 3.53. The van der Waals surface area contributed by atoms with Crippen LogP contribution in [0.1, 0.15) is 20.3 Å². The van der Waals surface area contributed by atoms with Crippen molar-refractivity contribution in [2.24, 2.45) is 0 Å². The molecule has 0 saturated heterocycles. The van der Waals surface area contributed by atoms with Gasteiger partial charge in [0.2, 0.25) is 0 Å². The largest absolute Gasteiger partial charge is 0.344 e. The maximum Gasteiger partial charge on any atom is 0.0634 e. The minimum atomic E-state index is -0.919. The fourth-order valence-corrected chi connectivity index (χ4v) is 3.35. The molecule has 0 saturated carbocycles. The van der Waals surface area contributed by atoms with Gasteiger partial charge in [0.05, 0.1) is 8.07 Å². The van der Waals surface area contributed by atoms with Crippen molar-refractivity contribution < 1.29 is 0 Å². The van der Waals surface area contributed by atoms with Crippen molar-refractivity contribution in [2.45, 2.75) is 45.6 Å². The van der Waals surface area contributed by atoms with Crippen molar-refractivity contribution >= 4 is 8.07 Å². The van der Waals surface area contributed by atoms with Gasteiger partial charge in [-0.1, -0.05) is 33.5 Å². The van der Waals surface area contributed by atoms with Crippen LogP contribution in [0.5, 0.6) is 0 Å². The summed E-state index contributed by atoms with van der Waals surface area (Å²) in [6.45, 7) is 12.8. The van der Waals surface area contributed by atoms with Crippen LogP contribution in [0.2, 0.25) is 19.6 Å². The number of nitrogens with one attached hydrogen (secondary N) is 1. The SMILES string of the molecule is CCNC(CC)[Si](C)(C)C.N. The molecule has 1 unspecified atom stereocenters. The Morgan fingerprint density at radius 3 is 1.73 bits per heavy atom. The van der Waals surface area contributed by atoms with Gasteiger partial charge in [0.25, 0.3) is 0 Å². The predicted molar refractivity (Wildman–Crippen MR) is 56.1 cm³/mol. The topological polar surface area (TPSA) is 47.0 Å². The molecule has 0 spiro atoms. The molecule has 0 radical (unpaired) electrons. The molecule has 11 heavy (non-hydrogen) atoms. The molecule has 2 nitrogen and oxygen atoms in total. The van der Waals surface area contributed by atoms with Crippen LogP contribution in [0.4, 0.5) is 0 Å². The quantitative estimate of drug-likeness (QED) is 0.646. The summed E-state index contributed by atoms with van der Waals surface area (Å²) in [6, 6.07) is 0. The molecule has 0 aliphatic carbocycles. The first kappa shape index (κ1) is 13.7. The molecular formula is C8H24N2Si. The molecular weight excluding hydrogens is 152 g/mol. The molecule has 0 amide bonds. The summed E-state index contributed by atoms with van der Waals surface area (Å²) in [7, 11) is -0.919. The van der Waals surface area contributed by atoms with Gasteiger partial charge in [-0.25, -0.2) is 0 Å². The molecule has 0 aliphatic heterocycles. The van der Waals surface area contributed by atoms with Crippen LogP contribution in [-0.4, -0.2) is 20.3 Å². The number of rotatable bonds is 4. The van der Waals surface area contributed by atoms with Crippen LogP contribution >= 0.6 is 0 Å². The summed E-state index contributed by atoms with van der Waals surface area (Å²) < 4.78 is 0. The van der Waals surface area contributed by atoms with E-state index in [1.54, 1.807) is 0 Å². The van der Waals surface area contributed by atoms with Crippen LogP contribution in [0.15, 0.2) is 0 Å². The van der Waals surface area contributed by atoms with E-state index in [0.717, 1.165) is 12.2 Å². The van der Waals surface area contributed by atoms with Gasteiger partial charge in [-0.2, -0.15) is 0 Å². The van der Waals surface area contributed by atoms with E-state index in [9.17, 15) is 0 Å². The molecule has 0 bridgehead atoms. The third-order valence-electron chi connectivity index (χ3n) is 1.90. The second-order valence-corrected chi connectivity index (χ2v) is 9.31. The lowest BCUT2D eigenvalue weighted by molar-refractivity contribution is 0.627. The van der Waals surface area contributed by atoms with Gasteiger partial charge in [-0.15, -0.1) is 0 Å². The first-order valence-corrected chi connectivity index (χ1v) is 7.83. The second kappa shape index (κ2) is 5.74. The third kappa shape index (κ3) is 5.41. The highest BCUT2D eigenvalue weighted by molar-refractivity contribution is 6.77. The second-order valence-electron chi connectivity index (χ2n) is 3.88. The summed E-state index contributed by atoms with van der Waals surface area (Å²) in [6.07, 6.45) is 1.28. The van der Waals surface area contributed by atoms with Gasteiger partial charge in [0.1, 0.15) is 0 Å². The van der Waals surface area contributed by atoms with E-state index < -0.39 is 8.07 Å². The van der Waals surface area contributed by atoms with E-state index in [1.807, 2.05) is 0 Å². The Labute approximate surface area is 72.4 Å². The minimum absolute atomic E-state index is 0. The summed E-state index contributed by atoms with van der Waals surface area (Å²) in [4.78, 5) is 0. The molecule has 4 N–H and O–H groups in total. The average Bonchev–Trinajstić information content (AvgIpc) is 1.80. The van der Waals surface area contributed by atoms with Crippen molar-refractivity contribution in [2.75, 3.05) is 6.54 Å². The van der Waals surface area contributed by atoms with Gasteiger partial charge in [0.15, 0.2) is 0 Å². The van der Waals surface area contributed by atoms with E-state index in [2.05, 4.69) is 38.8 Å². The van der Waals surface area contributed by atoms with Gasteiger partial charge in [-0.05, 0) is 18.6 Å². The van der Waals surface area contributed by atoms with Crippen molar-refractivity contribution in [3.05, 3.63) is 0 Å². The average molecular weight is 176 g/mol. The first-order chi connectivity index (χ1) is 4.52. The number of hydrogen-bond acceptors (Lipinski definition) is 2. The Kier molecular flexibility index (Phi) is 7.16. The zero-order chi connectivity index (χ0) is 8.20. The van der Waals surface area contributed by atoms with E-state index in [0.29, 0.717) is 0 Å². The van der Waals surface area contributed by atoms with Gasteiger partial charge in [-0.3, -0.25) is 0 Å². The van der Waals surface area contributed by atoms with Crippen molar-refractivity contribution in [3.63, 3.8) is 0 Å². The Morgan fingerprint density at radius 2 is 1.64 bits per heavy atom. The highest BCUT2D eigenvalue weighted by Gasteiger charge is 2.23.